The van der Waals surface area contributed by atoms with Crippen LogP contribution >= 0.6 is 11.6 Å². The molecule has 1 aromatic rings. The normalized spacial score (nSPS) is 12.4. The van der Waals surface area contributed by atoms with Crippen molar-refractivity contribution in [2.24, 2.45) is 5.92 Å². The van der Waals surface area contributed by atoms with Crippen LogP contribution in [0.3, 0.4) is 0 Å². The van der Waals surface area contributed by atoms with E-state index in [0.717, 1.165) is 48.3 Å². The predicted octanol–water partition coefficient (Wildman–Crippen LogP) is 5.30. The summed E-state index contributed by atoms with van der Waals surface area (Å²) in [5.41, 5.74) is 1.88. The number of benzene rings is 1. The molecule has 0 radical (unpaired) electrons. The van der Waals surface area contributed by atoms with E-state index in [4.69, 9.17) is 11.6 Å². The van der Waals surface area contributed by atoms with Gasteiger partial charge in [-0.3, -0.25) is 4.79 Å². The van der Waals surface area contributed by atoms with Crippen molar-refractivity contribution in [3.63, 3.8) is 0 Å². The van der Waals surface area contributed by atoms with Crippen molar-refractivity contribution in [2.75, 3.05) is 0 Å². The summed E-state index contributed by atoms with van der Waals surface area (Å²) in [5, 5.41) is 0.760. The number of aryl methyl sites for hydroxylation is 1. The van der Waals surface area contributed by atoms with Crippen molar-refractivity contribution in [3.8, 4) is 0 Å². The molecule has 1 aromatic carbocycles. The molecule has 1 nitrogen and oxygen atoms in total. The highest BCUT2D eigenvalue weighted by molar-refractivity contribution is 6.31. The van der Waals surface area contributed by atoms with Crippen LogP contribution in [0.2, 0.25) is 5.02 Å². The van der Waals surface area contributed by atoms with E-state index in [1.807, 2.05) is 18.2 Å². The van der Waals surface area contributed by atoms with Gasteiger partial charge in [-0.25, -0.2) is 0 Å². The van der Waals surface area contributed by atoms with E-state index >= 15 is 0 Å². The predicted molar refractivity (Wildman–Crippen MR) is 78.5 cm³/mol. The second-order valence-electron chi connectivity index (χ2n) is 4.77. The summed E-state index contributed by atoms with van der Waals surface area (Å²) in [5.74, 6) is 0.438. The summed E-state index contributed by atoms with van der Waals surface area (Å²) in [7, 11) is 0. The third-order valence-corrected chi connectivity index (χ3v) is 3.85. The van der Waals surface area contributed by atoms with Gasteiger partial charge in [0.25, 0.3) is 0 Å². The highest BCUT2D eigenvalue weighted by Crippen LogP contribution is 2.23. The zero-order valence-corrected chi connectivity index (χ0v) is 12.4. The molecule has 0 saturated carbocycles. The first-order chi connectivity index (χ1) is 8.63. The Morgan fingerprint density at radius 2 is 2.00 bits per heavy atom. The van der Waals surface area contributed by atoms with Crippen LogP contribution in [0.25, 0.3) is 0 Å². The van der Waals surface area contributed by atoms with Gasteiger partial charge in [0, 0.05) is 16.5 Å². The van der Waals surface area contributed by atoms with Crippen molar-refractivity contribution in [1.29, 1.82) is 0 Å². The number of hydrogen-bond acceptors (Lipinski definition) is 1. The monoisotopic (exact) mass is 266 g/mol. The highest BCUT2D eigenvalue weighted by atomic mass is 35.5. The van der Waals surface area contributed by atoms with Crippen molar-refractivity contribution < 1.29 is 4.79 Å². The van der Waals surface area contributed by atoms with Crippen LogP contribution < -0.4 is 0 Å². The molecule has 0 fully saturated rings. The Balaban J connectivity index is 2.87. The average molecular weight is 267 g/mol. The first-order valence-electron chi connectivity index (χ1n) is 6.96. The standard InChI is InChI=1S/C16H23ClO/c1-4-7-8-12(5-2)16(18)14-9-10-15(17)13(6-3)11-14/h9-12H,4-8H2,1-3H3. The fourth-order valence-electron chi connectivity index (χ4n) is 2.21. The minimum Gasteiger partial charge on any atom is -0.294 e. The number of hydrogen-bond donors (Lipinski definition) is 0. The van der Waals surface area contributed by atoms with Gasteiger partial charge in [-0.05, 0) is 43.0 Å². The molecule has 0 N–H and O–H groups in total. The Hall–Kier alpha value is -0.820. The zero-order chi connectivity index (χ0) is 13.5. The van der Waals surface area contributed by atoms with Gasteiger partial charge in [0.1, 0.15) is 0 Å². The maximum atomic E-state index is 12.4. The molecule has 0 heterocycles. The summed E-state index contributed by atoms with van der Waals surface area (Å²) < 4.78 is 0. The van der Waals surface area contributed by atoms with Crippen molar-refractivity contribution >= 4 is 17.4 Å². The lowest BCUT2D eigenvalue weighted by Crippen LogP contribution is -2.14. The number of rotatable bonds is 7. The molecule has 18 heavy (non-hydrogen) atoms. The topological polar surface area (TPSA) is 17.1 Å². The molecule has 1 atom stereocenters. The Morgan fingerprint density at radius 1 is 1.28 bits per heavy atom. The van der Waals surface area contributed by atoms with Crippen LogP contribution in [0, 0.1) is 5.92 Å². The molecular weight excluding hydrogens is 244 g/mol. The number of ketones is 1. The molecule has 0 amide bonds. The lowest BCUT2D eigenvalue weighted by molar-refractivity contribution is 0.0908. The van der Waals surface area contributed by atoms with Crippen LogP contribution in [0.4, 0.5) is 0 Å². The molecule has 1 unspecified atom stereocenters. The van der Waals surface area contributed by atoms with Crippen LogP contribution in [-0.4, -0.2) is 5.78 Å². The number of Topliss-reactive ketones (excluding diaryl/α,β-unsaturated/α-hetero) is 1. The maximum absolute atomic E-state index is 12.4. The molecule has 0 bridgehead atoms. The molecule has 1 rings (SSSR count). The summed E-state index contributed by atoms with van der Waals surface area (Å²) in [4.78, 5) is 12.4. The van der Waals surface area contributed by atoms with Gasteiger partial charge in [-0.1, -0.05) is 45.2 Å². The quantitative estimate of drug-likeness (QED) is 0.612. The van der Waals surface area contributed by atoms with Gasteiger partial charge < -0.3 is 0 Å². The summed E-state index contributed by atoms with van der Waals surface area (Å²) in [6.45, 7) is 6.31. The minimum atomic E-state index is 0.163. The number of carbonyl (C=O) groups excluding carboxylic acids is 1. The van der Waals surface area contributed by atoms with Crippen molar-refractivity contribution in [1.82, 2.24) is 0 Å². The number of halogens is 1. The van der Waals surface area contributed by atoms with Gasteiger partial charge in [0.15, 0.2) is 5.78 Å². The Bertz CT molecular complexity index is 398. The molecule has 0 aliphatic carbocycles. The fourth-order valence-corrected chi connectivity index (χ4v) is 2.46. The largest absolute Gasteiger partial charge is 0.294 e. The molecular formula is C16H23ClO. The average Bonchev–Trinajstić information content (AvgIpc) is 2.40. The molecule has 2 heteroatoms. The van der Waals surface area contributed by atoms with Gasteiger partial charge >= 0.3 is 0 Å². The molecule has 0 aliphatic rings. The van der Waals surface area contributed by atoms with Crippen molar-refractivity contribution in [3.05, 3.63) is 34.3 Å². The smallest absolute Gasteiger partial charge is 0.165 e. The van der Waals surface area contributed by atoms with Gasteiger partial charge in [-0.15, -0.1) is 0 Å². The SMILES string of the molecule is CCCCC(CC)C(=O)c1ccc(Cl)c(CC)c1. The summed E-state index contributed by atoms with van der Waals surface area (Å²) in [6, 6.07) is 5.66. The van der Waals surface area contributed by atoms with Crippen LogP contribution in [0.1, 0.15) is 62.4 Å². The summed E-state index contributed by atoms with van der Waals surface area (Å²) in [6.07, 6.45) is 5.05. The molecule has 0 aromatic heterocycles. The first kappa shape index (κ1) is 15.2. The van der Waals surface area contributed by atoms with E-state index in [-0.39, 0.29) is 11.7 Å². The van der Waals surface area contributed by atoms with Crippen LogP contribution in [0.15, 0.2) is 18.2 Å². The fraction of sp³-hybridized carbons (Fsp3) is 0.562. The Morgan fingerprint density at radius 3 is 2.56 bits per heavy atom. The second kappa shape index (κ2) is 7.58. The Labute approximate surface area is 116 Å². The van der Waals surface area contributed by atoms with E-state index in [1.165, 1.54) is 0 Å². The van der Waals surface area contributed by atoms with Gasteiger partial charge in [0.2, 0.25) is 0 Å². The zero-order valence-electron chi connectivity index (χ0n) is 11.6. The maximum Gasteiger partial charge on any atom is 0.165 e. The Kier molecular flexibility index (Phi) is 6.42. The van der Waals surface area contributed by atoms with Crippen LogP contribution in [-0.2, 0) is 6.42 Å². The number of unbranched alkanes of at least 4 members (excludes halogenated alkanes) is 1. The first-order valence-corrected chi connectivity index (χ1v) is 7.34. The third-order valence-electron chi connectivity index (χ3n) is 3.48. The molecule has 0 saturated heterocycles. The van der Waals surface area contributed by atoms with Gasteiger partial charge in [-0.2, -0.15) is 0 Å². The van der Waals surface area contributed by atoms with Crippen molar-refractivity contribution in [2.45, 2.75) is 52.9 Å². The van der Waals surface area contributed by atoms with E-state index < -0.39 is 0 Å². The summed E-state index contributed by atoms with van der Waals surface area (Å²) >= 11 is 6.09. The molecule has 100 valence electrons. The van der Waals surface area contributed by atoms with E-state index in [0.29, 0.717) is 0 Å². The van der Waals surface area contributed by atoms with Gasteiger partial charge in [0.05, 0.1) is 0 Å². The highest BCUT2D eigenvalue weighted by Gasteiger charge is 2.18. The van der Waals surface area contributed by atoms with Crippen LogP contribution in [0.5, 0.6) is 0 Å². The van der Waals surface area contributed by atoms with E-state index in [1.54, 1.807) is 0 Å². The molecule has 0 spiro atoms. The second-order valence-corrected chi connectivity index (χ2v) is 5.18. The number of carbonyl (C=O) groups is 1. The van der Waals surface area contributed by atoms with E-state index in [9.17, 15) is 4.79 Å². The lowest BCUT2D eigenvalue weighted by Gasteiger charge is -2.14. The lowest BCUT2D eigenvalue weighted by atomic mass is 9.90. The van der Waals surface area contributed by atoms with E-state index in [2.05, 4.69) is 20.8 Å². The molecule has 0 aliphatic heterocycles. The third kappa shape index (κ3) is 3.84. The minimum absolute atomic E-state index is 0.163.